The smallest absolute Gasteiger partial charge is 0.875 e. The molecule has 0 unspecified atom stereocenters. The first kappa shape index (κ1) is 48.5. The topological polar surface area (TPSA) is 159 Å². The molecule has 10 heteroatoms. The van der Waals surface area contributed by atoms with Gasteiger partial charge in [0.1, 0.15) is 0 Å². The number of carboxylic acids is 1. The van der Waals surface area contributed by atoms with Crippen molar-refractivity contribution in [2.24, 2.45) is 41.4 Å². The van der Waals surface area contributed by atoms with E-state index in [0.29, 0.717) is 25.7 Å². The van der Waals surface area contributed by atoms with Crippen molar-refractivity contribution in [1.82, 2.24) is 0 Å². The molecule has 51 heavy (non-hydrogen) atoms. The normalized spacial score (nSPS) is 30.1. The first-order valence-corrected chi connectivity index (χ1v) is 19.4. The Morgan fingerprint density at radius 1 is 0.843 bits per heavy atom. The maximum absolute atomic E-state index is 12.9. The molecule has 3 N–H and O–H groups in total. The number of aliphatic hydroxyl groups excluding tert-OH is 3. The Morgan fingerprint density at radius 2 is 1.47 bits per heavy atom. The van der Waals surface area contributed by atoms with Gasteiger partial charge in [-0.3, -0.25) is 4.79 Å². The minimum absolute atomic E-state index is 0. The number of allylic oxidation sites excluding steroid dienone is 3. The van der Waals surface area contributed by atoms with Gasteiger partial charge in [0.2, 0.25) is 0 Å². The molecule has 0 aromatic carbocycles. The summed E-state index contributed by atoms with van der Waals surface area (Å²) in [5, 5.41) is 55.9. The summed E-state index contributed by atoms with van der Waals surface area (Å²) in [5.74, 6) is -1.73. The molecule has 290 valence electrons. The number of carbonyl (C=O) groups excluding carboxylic acids is 2. The van der Waals surface area contributed by atoms with Crippen molar-refractivity contribution >= 4 is 49.5 Å². The molecule has 0 amide bonds. The zero-order valence-electron chi connectivity index (χ0n) is 33.4. The Kier molecular flexibility index (Phi) is 21.1. The van der Waals surface area contributed by atoms with Gasteiger partial charge in [0.15, 0.2) is 5.78 Å². The van der Waals surface area contributed by atoms with Crippen LogP contribution in [0.4, 0.5) is 0 Å². The van der Waals surface area contributed by atoms with Gasteiger partial charge in [-0.15, -0.1) is 5.76 Å². The van der Waals surface area contributed by atoms with Crippen molar-refractivity contribution < 1.29 is 44.6 Å². The van der Waals surface area contributed by atoms with Crippen LogP contribution in [0.25, 0.3) is 0 Å². The zero-order valence-corrected chi connectivity index (χ0v) is 35.6. The van der Waals surface area contributed by atoms with Gasteiger partial charge in [0.05, 0.1) is 41.7 Å². The number of carbonyl (C=O) groups is 2. The average Bonchev–Trinajstić information content (AvgIpc) is 3.63. The number of ether oxygens (including phenoxy) is 2. The molecule has 0 saturated carbocycles. The number of ketones is 1. The van der Waals surface area contributed by atoms with Crippen LogP contribution in [0.2, 0.25) is 0 Å². The molecule has 0 bridgehead atoms. The summed E-state index contributed by atoms with van der Waals surface area (Å²) >= 11 is 0. The first-order valence-electron chi connectivity index (χ1n) is 19.4. The molecule has 2 aliphatic rings. The SMILES string of the molecule is C[C@H](CCC(=O)[O-])C[C@H](C)C[C@H](C)C(=O)/C=C(\[O-])[C@H](C)C[C@H](C)C/C=C/[C@@H](C)[C@@H](O)[C@@H](C)[C@@H](O)C[C@@H]1CC[C@@](C)([C@H]2CC[C@@](C)([C@@H](C)O)O2)O1.[Ca+2]. The molecule has 2 aliphatic heterocycles. The van der Waals surface area contributed by atoms with E-state index in [1.165, 1.54) is 6.08 Å². The number of aliphatic hydroxyl groups is 3. The summed E-state index contributed by atoms with van der Waals surface area (Å²) < 4.78 is 12.7. The van der Waals surface area contributed by atoms with Crippen LogP contribution in [0.1, 0.15) is 140 Å². The number of rotatable bonds is 22. The van der Waals surface area contributed by atoms with Gasteiger partial charge in [0, 0.05) is 23.7 Å². The Bertz CT molecular complexity index is 1130. The quantitative estimate of drug-likeness (QED) is 0.0607. The van der Waals surface area contributed by atoms with Crippen LogP contribution in [0.15, 0.2) is 24.0 Å². The molecule has 2 rings (SSSR count). The summed E-state index contributed by atoms with van der Waals surface area (Å²) in [4.78, 5) is 23.5. The number of aliphatic carboxylic acids is 1. The van der Waals surface area contributed by atoms with Crippen molar-refractivity contribution in [3.63, 3.8) is 0 Å². The van der Waals surface area contributed by atoms with Gasteiger partial charge in [-0.25, -0.2) is 0 Å². The fraction of sp³-hybridized carbons (Fsp3) is 0.854. The second kappa shape index (κ2) is 22.1. The third-order valence-electron chi connectivity index (χ3n) is 11.9. The van der Waals surface area contributed by atoms with Crippen LogP contribution in [0, 0.1) is 41.4 Å². The van der Waals surface area contributed by atoms with Crippen molar-refractivity contribution in [3.8, 4) is 0 Å². The maximum atomic E-state index is 12.9. The van der Waals surface area contributed by atoms with Gasteiger partial charge in [-0.1, -0.05) is 60.6 Å². The Morgan fingerprint density at radius 3 is 2.06 bits per heavy atom. The minimum atomic E-state index is -1.04. The fourth-order valence-electron chi connectivity index (χ4n) is 8.00. The molecule has 14 atom stereocenters. The van der Waals surface area contributed by atoms with E-state index in [0.717, 1.165) is 38.5 Å². The van der Waals surface area contributed by atoms with E-state index in [1.54, 1.807) is 6.92 Å². The summed E-state index contributed by atoms with van der Waals surface area (Å²) in [7, 11) is 0. The maximum Gasteiger partial charge on any atom is 2.00 e. The van der Waals surface area contributed by atoms with Crippen molar-refractivity contribution in [2.45, 2.75) is 182 Å². The fourth-order valence-corrected chi connectivity index (χ4v) is 8.00. The molecule has 2 fully saturated rings. The summed E-state index contributed by atoms with van der Waals surface area (Å²) in [6.45, 7) is 19.4. The van der Waals surface area contributed by atoms with Crippen LogP contribution in [-0.2, 0) is 19.1 Å². The number of carboxylic acid groups (broad SMARTS) is 1. The van der Waals surface area contributed by atoms with Crippen LogP contribution < -0.4 is 10.2 Å². The van der Waals surface area contributed by atoms with E-state index < -0.39 is 35.5 Å². The first-order chi connectivity index (χ1) is 23.2. The van der Waals surface area contributed by atoms with E-state index in [4.69, 9.17) is 9.47 Å². The molecule has 0 aliphatic carbocycles. The van der Waals surface area contributed by atoms with E-state index in [-0.39, 0.29) is 109 Å². The second-order valence-electron chi connectivity index (χ2n) is 17.1. The Balaban J connectivity index is 0.0000130. The third kappa shape index (κ3) is 15.6. The van der Waals surface area contributed by atoms with Crippen LogP contribution in [0.5, 0.6) is 0 Å². The van der Waals surface area contributed by atoms with Crippen LogP contribution >= 0.6 is 0 Å². The van der Waals surface area contributed by atoms with Crippen molar-refractivity contribution in [2.75, 3.05) is 0 Å². The molecular formula is C41H70CaO9. The molecule has 2 saturated heterocycles. The zero-order chi connectivity index (χ0) is 38.0. The van der Waals surface area contributed by atoms with Crippen LogP contribution in [0.3, 0.4) is 0 Å². The molecule has 2 heterocycles. The summed E-state index contributed by atoms with van der Waals surface area (Å²) in [5.41, 5.74) is -1.02. The standard InChI is InChI=1S/C41H72O9.Ca/c1-25(21-29(5)34(43)24-35(44)30(6)22-27(3)20-26(2)14-15-38(46)47)12-11-13-28(4)39(48)31(7)36(45)23-33-16-18-41(10,49-33)37-17-19-40(9,50-37)32(8)42;/h11,13,24-33,36-37,39,42-43,45,48H,12,14-23H2,1-10H3,(H,46,47);/q;+2/p-2/b13-11+,34-24-;/t25-,26-,27+,28-,29-,30+,31+,32-,33+,36+,37-,39-,40+,41+;/m1./s1. The third-order valence-corrected chi connectivity index (χ3v) is 11.9. The monoisotopic (exact) mass is 746 g/mol. The van der Waals surface area contributed by atoms with Gasteiger partial charge in [-0.05, 0) is 121 Å². The van der Waals surface area contributed by atoms with Gasteiger partial charge < -0.3 is 39.8 Å². The molecular weight excluding hydrogens is 677 g/mol. The van der Waals surface area contributed by atoms with Gasteiger partial charge in [0.25, 0.3) is 0 Å². The van der Waals surface area contributed by atoms with E-state index in [2.05, 4.69) is 20.8 Å². The minimum Gasteiger partial charge on any atom is -0.875 e. The molecule has 0 aromatic heterocycles. The van der Waals surface area contributed by atoms with Crippen molar-refractivity contribution in [1.29, 1.82) is 0 Å². The second-order valence-corrected chi connectivity index (χ2v) is 17.1. The molecule has 0 radical (unpaired) electrons. The van der Waals surface area contributed by atoms with Crippen LogP contribution in [-0.4, -0.2) is 107 Å². The van der Waals surface area contributed by atoms with Gasteiger partial charge >= 0.3 is 37.7 Å². The number of hydrogen-bond acceptors (Lipinski definition) is 9. The predicted octanol–water partition coefficient (Wildman–Crippen LogP) is 4.89. The Labute approximate surface area is 339 Å². The average molecular weight is 747 g/mol. The number of hydrogen-bond donors (Lipinski definition) is 3. The van der Waals surface area contributed by atoms with Crippen molar-refractivity contribution in [3.05, 3.63) is 24.0 Å². The van der Waals surface area contributed by atoms with E-state index in [1.807, 2.05) is 53.7 Å². The van der Waals surface area contributed by atoms with E-state index >= 15 is 0 Å². The van der Waals surface area contributed by atoms with Gasteiger partial charge in [-0.2, -0.15) is 0 Å². The molecule has 9 nitrogen and oxygen atoms in total. The predicted molar refractivity (Wildman–Crippen MR) is 198 cm³/mol. The Hall–Kier alpha value is -0.520. The molecule has 0 spiro atoms. The summed E-state index contributed by atoms with van der Waals surface area (Å²) in [6.07, 6.45) is 10.2. The summed E-state index contributed by atoms with van der Waals surface area (Å²) in [6, 6.07) is 0. The van der Waals surface area contributed by atoms with E-state index in [9.17, 15) is 35.1 Å². The molecule has 0 aromatic rings. The largest absolute Gasteiger partial charge is 2.00 e.